The molecule has 0 bridgehead atoms. The van der Waals surface area contributed by atoms with Crippen LogP contribution in [0.5, 0.6) is 0 Å². The molecule has 6 heteroatoms. The molecule has 1 aliphatic heterocycles. The van der Waals surface area contributed by atoms with Crippen LogP contribution in [0, 0.1) is 0 Å². The Morgan fingerprint density at radius 3 is 1.91 bits per heavy atom. The van der Waals surface area contributed by atoms with Crippen molar-refractivity contribution in [2.75, 3.05) is 18.0 Å². The minimum absolute atomic E-state index is 0.0728. The van der Waals surface area contributed by atoms with E-state index in [0.717, 1.165) is 37.2 Å². The van der Waals surface area contributed by atoms with E-state index in [1.165, 1.54) is 6.08 Å². The van der Waals surface area contributed by atoms with Gasteiger partial charge in [0.2, 0.25) is 0 Å². The second-order valence-electron chi connectivity index (χ2n) is 5.37. The van der Waals surface area contributed by atoms with Crippen LogP contribution >= 0.6 is 0 Å². The molecule has 1 saturated heterocycles. The molecule has 0 radical (unpaired) electrons. The van der Waals surface area contributed by atoms with Crippen LogP contribution in [0.1, 0.15) is 32.3 Å². The van der Waals surface area contributed by atoms with E-state index in [-0.39, 0.29) is 5.57 Å². The van der Waals surface area contributed by atoms with Gasteiger partial charge in [0.1, 0.15) is 5.57 Å². The SMILES string of the molecule is CCCN(CCC)c1ccc(C=C2C(=O)NC(=O)NC2=O)cc1. The Kier molecular flexibility index (Phi) is 5.51. The highest BCUT2D eigenvalue weighted by atomic mass is 16.2. The van der Waals surface area contributed by atoms with Crippen molar-refractivity contribution in [3.8, 4) is 0 Å². The van der Waals surface area contributed by atoms with E-state index < -0.39 is 17.8 Å². The minimum atomic E-state index is -0.790. The van der Waals surface area contributed by atoms with Gasteiger partial charge < -0.3 is 4.90 Å². The van der Waals surface area contributed by atoms with E-state index in [9.17, 15) is 14.4 Å². The van der Waals surface area contributed by atoms with Crippen molar-refractivity contribution in [2.24, 2.45) is 0 Å². The number of amides is 4. The number of carbonyl (C=O) groups is 3. The summed E-state index contributed by atoms with van der Waals surface area (Å²) in [5, 5.41) is 4.11. The standard InChI is InChI=1S/C17H21N3O3/c1-3-9-20(10-4-2)13-7-5-12(6-8-13)11-14-15(21)18-17(23)19-16(14)22/h5-8,11H,3-4,9-10H2,1-2H3,(H2,18,19,21,22,23). The van der Waals surface area contributed by atoms with Gasteiger partial charge in [-0.3, -0.25) is 20.2 Å². The fourth-order valence-electron chi connectivity index (χ4n) is 2.46. The predicted molar refractivity (Wildman–Crippen MR) is 88.9 cm³/mol. The van der Waals surface area contributed by atoms with Crippen molar-refractivity contribution < 1.29 is 14.4 Å². The highest BCUT2D eigenvalue weighted by molar-refractivity contribution is 6.31. The van der Waals surface area contributed by atoms with Gasteiger partial charge >= 0.3 is 6.03 Å². The zero-order chi connectivity index (χ0) is 16.8. The first-order valence-corrected chi connectivity index (χ1v) is 7.78. The van der Waals surface area contributed by atoms with E-state index in [4.69, 9.17) is 0 Å². The largest absolute Gasteiger partial charge is 0.372 e. The van der Waals surface area contributed by atoms with Crippen molar-refractivity contribution >= 4 is 29.6 Å². The normalized spacial score (nSPS) is 14.3. The van der Waals surface area contributed by atoms with Crippen LogP contribution in [0.25, 0.3) is 6.08 Å². The lowest BCUT2D eigenvalue weighted by atomic mass is 10.1. The lowest BCUT2D eigenvalue weighted by molar-refractivity contribution is -0.123. The maximum atomic E-state index is 11.7. The predicted octanol–water partition coefficient (Wildman–Crippen LogP) is 2.06. The van der Waals surface area contributed by atoms with Crippen molar-refractivity contribution in [2.45, 2.75) is 26.7 Å². The minimum Gasteiger partial charge on any atom is -0.372 e. The van der Waals surface area contributed by atoms with E-state index in [1.807, 2.05) is 24.3 Å². The Morgan fingerprint density at radius 1 is 0.913 bits per heavy atom. The summed E-state index contributed by atoms with van der Waals surface area (Å²) in [6.07, 6.45) is 3.62. The van der Waals surface area contributed by atoms with Gasteiger partial charge in [-0.25, -0.2) is 4.79 Å². The molecule has 2 rings (SSSR count). The van der Waals surface area contributed by atoms with Crippen LogP contribution in [0.4, 0.5) is 10.5 Å². The average Bonchev–Trinajstić information content (AvgIpc) is 2.51. The van der Waals surface area contributed by atoms with Gasteiger partial charge in [-0.2, -0.15) is 0 Å². The van der Waals surface area contributed by atoms with E-state index in [2.05, 4.69) is 29.4 Å². The molecule has 23 heavy (non-hydrogen) atoms. The third-order valence-corrected chi connectivity index (χ3v) is 3.50. The van der Waals surface area contributed by atoms with Gasteiger partial charge in [-0.1, -0.05) is 26.0 Å². The maximum absolute atomic E-state index is 11.7. The Balaban J connectivity index is 2.19. The summed E-state index contributed by atoms with van der Waals surface area (Å²) in [4.78, 5) is 36.7. The lowest BCUT2D eigenvalue weighted by Crippen LogP contribution is -2.51. The molecular weight excluding hydrogens is 294 g/mol. The Morgan fingerprint density at radius 2 is 1.43 bits per heavy atom. The van der Waals surface area contributed by atoms with Gasteiger partial charge in [0.15, 0.2) is 0 Å². The molecule has 1 fully saturated rings. The smallest absolute Gasteiger partial charge is 0.328 e. The highest BCUT2D eigenvalue weighted by Gasteiger charge is 2.27. The van der Waals surface area contributed by atoms with Crippen LogP contribution in [-0.2, 0) is 9.59 Å². The van der Waals surface area contributed by atoms with Crippen LogP contribution in [-0.4, -0.2) is 30.9 Å². The summed E-state index contributed by atoms with van der Waals surface area (Å²) >= 11 is 0. The number of urea groups is 1. The third kappa shape index (κ3) is 4.18. The van der Waals surface area contributed by atoms with Crippen LogP contribution in [0.3, 0.4) is 0 Å². The summed E-state index contributed by atoms with van der Waals surface area (Å²) in [5.41, 5.74) is 1.77. The molecule has 0 atom stereocenters. The Hall–Kier alpha value is -2.63. The summed E-state index contributed by atoms with van der Waals surface area (Å²) in [7, 11) is 0. The van der Waals surface area contributed by atoms with Crippen LogP contribution < -0.4 is 15.5 Å². The molecule has 1 aromatic carbocycles. The zero-order valence-corrected chi connectivity index (χ0v) is 13.4. The van der Waals surface area contributed by atoms with Gasteiger partial charge in [0.05, 0.1) is 0 Å². The van der Waals surface area contributed by atoms with E-state index >= 15 is 0 Å². The fourth-order valence-corrected chi connectivity index (χ4v) is 2.46. The number of rotatable bonds is 6. The highest BCUT2D eigenvalue weighted by Crippen LogP contribution is 2.18. The fraction of sp³-hybridized carbons (Fsp3) is 0.353. The third-order valence-electron chi connectivity index (χ3n) is 3.50. The summed E-state index contributed by atoms with van der Waals surface area (Å²) < 4.78 is 0. The molecule has 0 aliphatic carbocycles. The molecule has 2 N–H and O–H groups in total. The number of carbonyl (C=O) groups excluding carboxylic acids is 3. The molecular formula is C17H21N3O3. The van der Waals surface area contributed by atoms with Crippen LogP contribution in [0.15, 0.2) is 29.8 Å². The zero-order valence-electron chi connectivity index (χ0n) is 13.4. The van der Waals surface area contributed by atoms with E-state index in [0.29, 0.717) is 0 Å². The monoisotopic (exact) mass is 315 g/mol. The van der Waals surface area contributed by atoms with E-state index in [1.54, 1.807) is 0 Å². The van der Waals surface area contributed by atoms with Crippen molar-refractivity contribution in [3.05, 3.63) is 35.4 Å². The Bertz CT molecular complexity index is 607. The first-order chi connectivity index (χ1) is 11.0. The average molecular weight is 315 g/mol. The maximum Gasteiger partial charge on any atom is 0.328 e. The quantitative estimate of drug-likeness (QED) is 0.622. The molecule has 122 valence electrons. The molecule has 0 saturated carbocycles. The number of anilines is 1. The van der Waals surface area contributed by atoms with Gasteiger partial charge in [0.25, 0.3) is 11.8 Å². The first-order valence-electron chi connectivity index (χ1n) is 7.78. The summed E-state index contributed by atoms with van der Waals surface area (Å²) in [6.45, 7) is 6.26. The topological polar surface area (TPSA) is 78.5 Å². The molecule has 6 nitrogen and oxygen atoms in total. The molecule has 1 aliphatic rings. The van der Waals surface area contributed by atoms with Crippen molar-refractivity contribution in [3.63, 3.8) is 0 Å². The number of imide groups is 2. The van der Waals surface area contributed by atoms with Crippen molar-refractivity contribution in [1.29, 1.82) is 0 Å². The molecule has 0 spiro atoms. The molecule has 0 aromatic heterocycles. The molecule has 1 heterocycles. The van der Waals surface area contributed by atoms with Gasteiger partial charge in [0, 0.05) is 18.8 Å². The van der Waals surface area contributed by atoms with Crippen molar-refractivity contribution in [1.82, 2.24) is 10.6 Å². The molecule has 4 amide bonds. The Labute approximate surface area is 135 Å². The molecule has 0 unspecified atom stereocenters. The number of nitrogens with zero attached hydrogens (tertiary/aromatic N) is 1. The van der Waals surface area contributed by atoms with Gasteiger partial charge in [-0.15, -0.1) is 0 Å². The summed E-state index contributed by atoms with van der Waals surface area (Å²) in [5.74, 6) is -1.36. The second-order valence-corrected chi connectivity index (χ2v) is 5.37. The number of hydrogen-bond acceptors (Lipinski definition) is 4. The number of barbiturate groups is 1. The molecule has 1 aromatic rings. The summed E-state index contributed by atoms with van der Waals surface area (Å²) in [6, 6.07) is 6.88. The lowest BCUT2D eigenvalue weighted by Gasteiger charge is -2.23. The van der Waals surface area contributed by atoms with Crippen LogP contribution in [0.2, 0.25) is 0 Å². The van der Waals surface area contributed by atoms with Gasteiger partial charge in [-0.05, 0) is 36.6 Å². The number of nitrogens with one attached hydrogen (secondary N) is 2. The first kappa shape index (κ1) is 16.7. The second kappa shape index (κ2) is 7.58. The number of hydrogen-bond donors (Lipinski definition) is 2. The number of benzene rings is 1.